The van der Waals surface area contributed by atoms with E-state index in [1.807, 2.05) is 12.1 Å². The van der Waals surface area contributed by atoms with Gasteiger partial charge < -0.3 is 10.2 Å². The van der Waals surface area contributed by atoms with Crippen LogP contribution in [0.3, 0.4) is 0 Å². The highest BCUT2D eigenvalue weighted by molar-refractivity contribution is 9.10. The first-order valence-electron chi connectivity index (χ1n) is 6.10. The molecular weight excluding hydrogens is 283 g/mol. The summed E-state index contributed by atoms with van der Waals surface area (Å²) in [6.07, 6.45) is 2.44. The van der Waals surface area contributed by atoms with Gasteiger partial charge >= 0.3 is 0 Å². The molecule has 1 N–H and O–H groups in total. The van der Waals surface area contributed by atoms with Crippen molar-refractivity contribution in [3.63, 3.8) is 0 Å². The first-order valence-corrected chi connectivity index (χ1v) is 6.89. The third-order valence-corrected chi connectivity index (χ3v) is 4.60. The van der Waals surface area contributed by atoms with Crippen LogP contribution in [0, 0.1) is 11.2 Å². The molecule has 1 aromatic carbocycles. The fraction of sp³-hybridized carbons (Fsp3) is 0.538. The highest BCUT2D eigenvalue weighted by Gasteiger charge is 2.44. The standard InChI is InChI=1S/C13H16BrFN2/c14-10-2-1-3-11(12(10)15)17-8-13(9-17)4-6-16-7-5-13/h1-3,16H,4-9H2. The molecule has 2 fully saturated rings. The predicted molar refractivity (Wildman–Crippen MR) is 70.8 cm³/mol. The first-order chi connectivity index (χ1) is 8.20. The Morgan fingerprint density at radius 3 is 2.65 bits per heavy atom. The Kier molecular flexibility index (Phi) is 2.87. The van der Waals surface area contributed by atoms with Crippen LogP contribution in [0.1, 0.15) is 12.8 Å². The van der Waals surface area contributed by atoms with E-state index in [0.29, 0.717) is 9.89 Å². The normalized spacial score (nSPS) is 22.6. The maximum Gasteiger partial charge on any atom is 0.160 e. The van der Waals surface area contributed by atoms with Gasteiger partial charge in [-0.15, -0.1) is 0 Å². The smallest absolute Gasteiger partial charge is 0.160 e. The molecule has 0 atom stereocenters. The number of benzene rings is 1. The van der Waals surface area contributed by atoms with Crippen LogP contribution >= 0.6 is 15.9 Å². The molecule has 0 bridgehead atoms. The number of hydrogen-bond donors (Lipinski definition) is 1. The Morgan fingerprint density at radius 1 is 1.24 bits per heavy atom. The van der Waals surface area contributed by atoms with Gasteiger partial charge in [0.2, 0.25) is 0 Å². The molecule has 1 spiro atoms. The van der Waals surface area contributed by atoms with Gasteiger partial charge in [0.25, 0.3) is 0 Å². The summed E-state index contributed by atoms with van der Waals surface area (Å²) in [5.41, 5.74) is 1.18. The van der Waals surface area contributed by atoms with E-state index < -0.39 is 0 Å². The van der Waals surface area contributed by atoms with Gasteiger partial charge in [-0.25, -0.2) is 4.39 Å². The van der Waals surface area contributed by atoms with Gasteiger partial charge in [0.1, 0.15) is 0 Å². The van der Waals surface area contributed by atoms with Gasteiger partial charge in [0.15, 0.2) is 5.82 Å². The Hall–Kier alpha value is -0.610. The summed E-state index contributed by atoms with van der Waals surface area (Å²) in [4.78, 5) is 2.16. The van der Waals surface area contributed by atoms with E-state index in [1.165, 1.54) is 12.8 Å². The lowest BCUT2D eigenvalue weighted by Crippen LogP contribution is -2.60. The van der Waals surface area contributed by atoms with Crippen molar-refractivity contribution in [1.29, 1.82) is 0 Å². The van der Waals surface area contributed by atoms with Gasteiger partial charge in [0, 0.05) is 18.5 Å². The lowest BCUT2D eigenvalue weighted by Gasteiger charge is -2.53. The number of nitrogens with zero attached hydrogens (tertiary/aromatic N) is 1. The summed E-state index contributed by atoms with van der Waals surface area (Å²) in [7, 11) is 0. The number of anilines is 1. The quantitative estimate of drug-likeness (QED) is 0.858. The van der Waals surface area contributed by atoms with Crippen LogP contribution in [-0.2, 0) is 0 Å². The zero-order chi connectivity index (χ0) is 11.9. The van der Waals surface area contributed by atoms with Gasteiger partial charge in [0.05, 0.1) is 10.2 Å². The summed E-state index contributed by atoms with van der Waals surface area (Å²) in [5, 5.41) is 3.38. The number of rotatable bonds is 1. The minimum atomic E-state index is -0.128. The van der Waals surface area contributed by atoms with Gasteiger partial charge in [-0.05, 0) is 54.0 Å². The van der Waals surface area contributed by atoms with Crippen molar-refractivity contribution in [3.05, 3.63) is 28.5 Å². The van der Waals surface area contributed by atoms with E-state index in [0.717, 1.165) is 31.9 Å². The molecule has 92 valence electrons. The second-order valence-corrected chi connectivity index (χ2v) is 6.03. The van der Waals surface area contributed by atoms with Gasteiger partial charge in [-0.3, -0.25) is 0 Å². The van der Waals surface area contributed by atoms with Gasteiger partial charge in [-0.1, -0.05) is 6.07 Å². The van der Waals surface area contributed by atoms with E-state index in [4.69, 9.17) is 0 Å². The zero-order valence-electron chi connectivity index (χ0n) is 9.68. The van der Waals surface area contributed by atoms with E-state index in [1.54, 1.807) is 6.07 Å². The Bertz CT molecular complexity index is 421. The molecule has 2 saturated heterocycles. The van der Waals surface area contributed by atoms with E-state index >= 15 is 0 Å². The third kappa shape index (κ3) is 1.97. The minimum Gasteiger partial charge on any atom is -0.368 e. The molecule has 17 heavy (non-hydrogen) atoms. The average Bonchev–Trinajstić information content (AvgIpc) is 2.31. The molecule has 0 aromatic heterocycles. The number of hydrogen-bond acceptors (Lipinski definition) is 2. The Balaban J connectivity index is 1.74. The molecular formula is C13H16BrFN2. The largest absolute Gasteiger partial charge is 0.368 e. The summed E-state index contributed by atoms with van der Waals surface area (Å²) in [6, 6.07) is 5.52. The summed E-state index contributed by atoms with van der Waals surface area (Å²) >= 11 is 3.24. The Morgan fingerprint density at radius 2 is 1.94 bits per heavy atom. The van der Waals surface area contributed by atoms with Crippen LogP contribution in [-0.4, -0.2) is 26.2 Å². The van der Waals surface area contributed by atoms with Crippen molar-refractivity contribution in [2.75, 3.05) is 31.1 Å². The van der Waals surface area contributed by atoms with Crippen molar-refractivity contribution in [3.8, 4) is 0 Å². The summed E-state index contributed by atoms with van der Waals surface area (Å²) in [5.74, 6) is -0.128. The predicted octanol–water partition coefficient (Wildman–Crippen LogP) is 2.78. The molecule has 0 unspecified atom stereocenters. The van der Waals surface area contributed by atoms with Crippen LogP contribution in [0.15, 0.2) is 22.7 Å². The first kappa shape index (κ1) is 11.5. The zero-order valence-corrected chi connectivity index (χ0v) is 11.3. The molecule has 0 aliphatic carbocycles. The monoisotopic (exact) mass is 298 g/mol. The lowest BCUT2D eigenvalue weighted by molar-refractivity contribution is 0.149. The van der Waals surface area contributed by atoms with Crippen LogP contribution in [0.2, 0.25) is 0 Å². The summed E-state index contributed by atoms with van der Waals surface area (Å²) < 4.78 is 14.5. The molecule has 2 nitrogen and oxygen atoms in total. The molecule has 0 saturated carbocycles. The molecule has 0 amide bonds. The Labute approximate surface area is 109 Å². The SMILES string of the molecule is Fc1c(Br)cccc1N1CC2(CCNCC2)C1. The van der Waals surface area contributed by atoms with E-state index in [9.17, 15) is 4.39 Å². The van der Waals surface area contributed by atoms with E-state index in [2.05, 4.69) is 26.1 Å². The number of nitrogens with one attached hydrogen (secondary N) is 1. The third-order valence-electron chi connectivity index (χ3n) is 3.99. The van der Waals surface area contributed by atoms with Crippen LogP contribution in [0.25, 0.3) is 0 Å². The second-order valence-electron chi connectivity index (χ2n) is 5.18. The second kappa shape index (κ2) is 4.25. The summed E-state index contributed by atoms with van der Waals surface area (Å²) in [6.45, 7) is 4.22. The van der Waals surface area contributed by atoms with Crippen LogP contribution < -0.4 is 10.2 Å². The maximum absolute atomic E-state index is 13.9. The minimum absolute atomic E-state index is 0.128. The number of piperidine rings is 1. The van der Waals surface area contributed by atoms with Crippen molar-refractivity contribution in [1.82, 2.24) is 5.32 Å². The average molecular weight is 299 g/mol. The topological polar surface area (TPSA) is 15.3 Å². The fourth-order valence-electron chi connectivity index (χ4n) is 2.94. The van der Waals surface area contributed by atoms with Crippen LogP contribution in [0.5, 0.6) is 0 Å². The number of halogens is 2. The fourth-order valence-corrected chi connectivity index (χ4v) is 3.30. The maximum atomic E-state index is 13.9. The molecule has 2 aliphatic heterocycles. The van der Waals surface area contributed by atoms with Crippen molar-refractivity contribution >= 4 is 21.6 Å². The van der Waals surface area contributed by atoms with Crippen LogP contribution in [0.4, 0.5) is 10.1 Å². The van der Waals surface area contributed by atoms with Crippen molar-refractivity contribution in [2.24, 2.45) is 5.41 Å². The molecule has 2 aliphatic rings. The van der Waals surface area contributed by atoms with Gasteiger partial charge in [-0.2, -0.15) is 0 Å². The van der Waals surface area contributed by atoms with Crippen molar-refractivity contribution in [2.45, 2.75) is 12.8 Å². The molecule has 4 heteroatoms. The molecule has 1 aromatic rings. The molecule has 3 rings (SSSR count). The van der Waals surface area contributed by atoms with E-state index in [-0.39, 0.29) is 5.82 Å². The van der Waals surface area contributed by atoms with Crippen molar-refractivity contribution < 1.29 is 4.39 Å². The highest BCUT2D eigenvalue weighted by Crippen LogP contribution is 2.42. The highest BCUT2D eigenvalue weighted by atomic mass is 79.9. The molecule has 2 heterocycles. The lowest BCUT2D eigenvalue weighted by atomic mass is 9.72. The molecule has 0 radical (unpaired) electrons.